The van der Waals surface area contributed by atoms with E-state index in [9.17, 15) is 0 Å². The van der Waals surface area contributed by atoms with Crippen LogP contribution >= 0.6 is 0 Å². The van der Waals surface area contributed by atoms with Crippen molar-refractivity contribution in [3.05, 3.63) is 48.8 Å². The van der Waals surface area contributed by atoms with E-state index in [1.165, 1.54) is 0 Å². The van der Waals surface area contributed by atoms with Gasteiger partial charge in [-0.15, -0.1) is 6.58 Å². The lowest BCUT2D eigenvalue weighted by molar-refractivity contribution is 0.242. The average Bonchev–Trinajstić information content (AvgIpc) is 2.72. The van der Waals surface area contributed by atoms with Gasteiger partial charge in [0.05, 0.1) is 11.8 Å². The largest absolute Gasteiger partial charge is 0.491 e. The molecule has 1 heterocycles. The number of allylic oxidation sites excluding steroid dienone is 1. The second kappa shape index (κ2) is 6.28. The second-order valence-electron chi connectivity index (χ2n) is 4.96. The van der Waals surface area contributed by atoms with Crippen molar-refractivity contribution in [1.82, 2.24) is 9.55 Å². The van der Waals surface area contributed by atoms with Gasteiger partial charge in [0.15, 0.2) is 0 Å². The van der Waals surface area contributed by atoms with E-state index in [1.54, 1.807) is 0 Å². The zero-order valence-electron chi connectivity index (χ0n) is 12.3. The van der Waals surface area contributed by atoms with Crippen LogP contribution in [0.25, 0.3) is 0 Å². The van der Waals surface area contributed by atoms with E-state index in [0.717, 1.165) is 29.6 Å². The summed E-state index contributed by atoms with van der Waals surface area (Å²) < 4.78 is 7.65. The SMILES string of the molecule is C=CCn1cc(C)nc1Nc1ccc(OC(C)C)cc1. The van der Waals surface area contributed by atoms with Gasteiger partial charge < -0.3 is 14.6 Å². The summed E-state index contributed by atoms with van der Waals surface area (Å²) in [5, 5.41) is 3.31. The van der Waals surface area contributed by atoms with Crippen LogP contribution in [0.3, 0.4) is 0 Å². The Kier molecular flexibility index (Phi) is 4.45. The van der Waals surface area contributed by atoms with Gasteiger partial charge in [-0.05, 0) is 45.0 Å². The highest BCUT2D eigenvalue weighted by molar-refractivity contribution is 5.55. The molecule has 0 amide bonds. The molecule has 20 heavy (non-hydrogen) atoms. The molecule has 0 aliphatic heterocycles. The highest BCUT2D eigenvalue weighted by Crippen LogP contribution is 2.20. The third kappa shape index (κ3) is 3.63. The molecule has 4 nitrogen and oxygen atoms in total. The van der Waals surface area contributed by atoms with E-state index < -0.39 is 0 Å². The van der Waals surface area contributed by atoms with E-state index in [0.29, 0.717) is 0 Å². The molecule has 0 fully saturated rings. The molecule has 106 valence electrons. The van der Waals surface area contributed by atoms with Crippen molar-refractivity contribution < 1.29 is 4.74 Å². The molecular formula is C16H21N3O. The summed E-state index contributed by atoms with van der Waals surface area (Å²) >= 11 is 0. The fourth-order valence-electron chi connectivity index (χ4n) is 1.94. The Bertz CT molecular complexity index is 570. The number of aryl methyl sites for hydroxylation is 1. The molecule has 0 atom stereocenters. The van der Waals surface area contributed by atoms with Crippen LogP contribution in [0, 0.1) is 6.92 Å². The van der Waals surface area contributed by atoms with E-state index >= 15 is 0 Å². The van der Waals surface area contributed by atoms with E-state index in [1.807, 2.05) is 61.9 Å². The fourth-order valence-corrected chi connectivity index (χ4v) is 1.94. The Labute approximate surface area is 120 Å². The van der Waals surface area contributed by atoms with Gasteiger partial charge in [-0.3, -0.25) is 0 Å². The van der Waals surface area contributed by atoms with Gasteiger partial charge in [0.1, 0.15) is 5.75 Å². The van der Waals surface area contributed by atoms with Crippen LogP contribution in [0.1, 0.15) is 19.5 Å². The van der Waals surface area contributed by atoms with Crippen molar-refractivity contribution in [2.24, 2.45) is 0 Å². The van der Waals surface area contributed by atoms with Gasteiger partial charge in [-0.1, -0.05) is 6.08 Å². The molecule has 0 aliphatic carbocycles. The first-order valence-electron chi connectivity index (χ1n) is 6.77. The lowest BCUT2D eigenvalue weighted by Gasteiger charge is -2.11. The maximum Gasteiger partial charge on any atom is 0.207 e. The summed E-state index contributed by atoms with van der Waals surface area (Å²) in [5.41, 5.74) is 1.96. The first-order valence-corrected chi connectivity index (χ1v) is 6.77. The number of imidazole rings is 1. The highest BCUT2D eigenvalue weighted by atomic mass is 16.5. The summed E-state index contributed by atoms with van der Waals surface area (Å²) in [7, 11) is 0. The van der Waals surface area contributed by atoms with Gasteiger partial charge >= 0.3 is 0 Å². The van der Waals surface area contributed by atoms with Gasteiger partial charge in [-0.2, -0.15) is 0 Å². The molecule has 0 aliphatic rings. The standard InChI is InChI=1S/C16H21N3O/c1-5-10-19-11-13(4)17-16(19)18-14-6-8-15(9-7-14)20-12(2)3/h5-9,11-12H,1,10H2,2-4H3,(H,17,18). The van der Waals surface area contributed by atoms with Crippen LogP contribution in [-0.2, 0) is 6.54 Å². The third-order valence-electron chi connectivity index (χ3n) is 2.71. The monoisotopic (exact) mass is 271 g/mol. The van der Waals surface area contributed by atoms with Crippen molar-refractivity contribution in [3.63, 3.8) is 0 Å². The molecular weight excluding hydrogens is 250 g/mol. The van der Waals surface area contributed by atoms with Crippen LogP contribution in [0.15, 0.2) is 43.1 Å². The lowest BCUT2D eigenvalue weighted by Crippen LogP contribution is -2.05. The molecule has 1 aromatic carbocycles. The van der Waals surface area contributed by atoms with Gasteiger partial charge in [0, 0.05) is 18.4 Å². The topological polar surface area (TPSA) is 39.1 Å². The van der Waals surface area contributed by atoms with Crippen molar-refractivity contribution in [3.8, 4) is 5.75 Å². The number of rotatable bonds is 6. The zero-order chi connectivity index (χ0) is 14.5. The summed E-state index contributed by atoms with van der Waals surface area (Å²) in [6.07, 6.45) is 4.04. The van der Waals surface area contributed by atoms with Crippen LogP contribution in [0.4, 0.5) is 11.6 Å². The Balaban J connectivity index is 2.11. The Morgan fingerprint density at radius 1 is 1.35 bits per heavy atom. The highest BCUT2D eigenvalue weighted by Gasteiger charge is 2.05. The van der Waals surface area contributed by atoms with Gasteiger partial charge in [0.2, 0.25) is 5.95 Å². The Morgan fingerprint density at radius 2 is 2.05 bits per heavy atom. The molecule has 2 rings (SSSR count). The summed E-state index contributed by atoms with van der Waals surface area (Å²) in [6, 6.07) is 7.88. The number of aromatic nitrogens is 2. The molecule has 0 radical (unpaired) electrons. The normalized spacial score (nSPS) is 10.6. The first-order chi connectivity index (χ1) is 9.58. The second-order valence-corrected chi connectivity index (χ2v) is 4.96. The smallest absolute Gasteiger partial charge is 0.207 e. The molecule has 0 spiro atoms. The fraction of sp³-hybridized carbons (Fsp3) is 0.312. The minimum absolute atomic E-state index is 0.183. The molecule has 1 N–H and O–H groups in total. The number of nitrogens with one attached hydrogen (secondary N) is 1. The predicted octanol–water partition coefficient (Wildman–Crippen LogP) is 3.91. The minimum Gasteiger partial charge on any atom is -0.491 e. The summed E-state index contributed by atoms with van der Waals surface area (Å²) in [4.78, 5) is 4.47. The average molecular weight is 271 g/mol. The zero-order valence-corrected chi connectivity index (χ0v) is 12.3. The van der Waals surface area contributed by atoms with Crippen LogP contribution < -0.4 is 10.1 Å². The van der Waals surface area contributed by atoms with Crippen LogP contribution in [-0.4, -0.2) is 15.7 Å². The number of hydrogen-bond donors (Lipinski definition) is 1. The number of hydrogen-bond acceptors (Lipinski definition) is 3. The molecule has 0 bridgehead atoms. The van der Waals surface area contributed by atoms with Crippen LogP contribution in [0.5, 0.6) is 5.75 Å². The maximum absolute atomic E-state index is 5.62. The molecule has 1 aromatic heterocycles. The summed E-state index contributed by atoms with van der Waals surface area (Å²) in [6.45, 7) is 10.5. The maximum atomic E-state index is 5.62. The number of benzene rings is 1. The molecule has 4 heteroatoms. The quantitative estimate of drug-likeness (QED) is 0.810. The number of nitrogens with zero attached hydrogens (tertiary/aromatic N) is 2. The van der Waals surface area contributed by atoms with Gasteiger partial charge in [-0.25, -0.2) is 4.98 Å². The molecule has 2 aromatic rings. The van der Waals surface area contributed by atoms with Gasteiger partial charge in [0.25, 0.3) is 0 Å². The molecule has 0 saturated carbocycles. The Hall–Kier alpha value is -2.23. The third-order valence-corrected chi connectivity index (χ3v) is 2.71. The van der Waals surface area contributed by atoms with Crippen molar-refractivity contribution in [2.75, 3.05) is 5.32 Å². The Morgan fingerprint density at radius 3 is 2.65 bits per heavy atom. The van der Waals surface area contributed by atoms with Crippen LogP contribution in [0.2, 0.25) is 0 Å². The predicted molar refractivity (Wildman–Crippen MR) is 82.6 cm³/mol. The van der Waals surface area contributed by atoms with Crippen molar-refractivity contribution >= 4 is 11.6 Å². The van der Waals surface area contributed by atoms with E-state index in [4.69, 9.17) is 4.74 Å². The molecule has 0 unspecified atom stereocenters. The minimum atomic E-state index is 0.183. The molecule has 0 saturated heterocycles. The van der Waals surface area contributed by atoms with E-state index in [-0.39, 0.29) is 6.10 Å². The number of ether oxygens (including phenoxy) is 1. The first kappa shape index (κ1) is 14.2. The van der Waals surface area contributed by atoms with Crippen molar-refractivity contribution in [2.45, 2.75) is 33.4 Å². The number of anilines is 2. The van der Waals surface area contributed by atoms with Crippen molar-refractivity contribution in [1.29, 1.82) is 0 Å². The summed E-state index contributed by atoms with van der Waals surface area (Å²) in [5.74, 6) is 1.69. The van der Waals surface area contributed by atoms with E-state index in [2.05, 4.69) is 16.9 Å². The lowest BCUT2D eigenvalue weighted by atomic mass is 10.3.